The van der Waals surface area contributed by atoms with Crippen molar-refractivity contribution in [1.29, 1.82) is 0 Å². The second-order valence-corrected chi connectivity index (χ2v) is 5.02. The summed E-state index contributed by atoms with van der Waals surface area (Å²) in [7, 11) is 0. The highest BCUT2D eigenvalue weighted by atomic mass is 16.3. The van der Waals surface area contributed by atoms with E-state index in [1.807, 2.05) is 32.0 Å². The van der Waals surface area contributed by atoms with Crippen molar-refractivity contribution in [1.82, 2.24) is 15.0 Å². The maximum absolute atomic E-state index is 10.1. The molecular formula is C16H15N3O. The predicted octanol–water partition coefficient (Wildman–Crippen LogP) is 3.52. The van der Waals surface area contributed by atoms with E-state index in [9.17, 15) is 5.11 Å². The Hall–Kier alpha value is -2.49. The monoisotopic (exact) mass is 265 g/mol. The number of hydrogen-bond donors (Lipinski definition) is 1. The first-order valence-electron chi connectivity index (χ1n) is 6.56. The van der Waals surface area contributed by atoms with Crippen LogP contribution in [0.3, 0.4) is 0 Å². The number of aromatic nitrogens is 3. The lowest BCUT2D eigenvalue weighted by molar-refractivity contribution is 0.460. The number of fused-ring (bicyclic) bond motifs is 1. The fourth-order valence-corrected chi connectivity index (χ4v) is 2.25. The van der Waals surface area contributed by atoms with Crippen LogP contribution in [0.4, 0.5) is 0 Å². The van der Waals surface area contributed by atoms with E-state index < -0.39 is 0 Å². The van der Waals surface area contributed by atoms with Crippen molar-refractivity contribution in [3.05, 3.63) is 48.5 Å². The molecule has 3 aromatic rings. The van der Waals surface area contributed by atoms with Crippen molar-refractivity contribution in [2.45, 2.75) is 19.8 Å². The van der Waals surface area contributed by atoms with Gasteiger partial charge in [-0.2, -0.15) is 0 Å². The third kappa shape index (κ3) is 2.09. The summed E-state index contributed by atoms with van der Waals surface area (Å²) < 4.78 is 0. The van der Waals surface area contributed by atoms with Crippen LogP contribution in [0.5, 0.6) is 5.75 Å². The maximum Gasteiger partial charge on any atom is 0.138 e. The lowest BCUT2D eigenvalue weighted by Crippen LogP contribution is -1.95. The van der Waals surface area contributed by atoms with Crippen LogP contribution in [0.1, 0.15) is 25.5 Å². The molecule has 0 spiro atoms. The number of aromatic hydroxyl groups is 1. The Bertz CT molecular complexity index is 763. The van der Waals surface area contributed by atoms with Gasteiger partial charge in [-0.05, 0) is 24.1 Å². The molecule has 0 saturated carbocycles. The van der Waals surface area contributed by atoms with Crippen molar-refractivity contribution in [3.63, 3.8) is 0 Å². The van der Waals surface area contributed by atoms with E-state index >= 15 is 0 Å². The van der Waals surface area contributed by atoms with Gasteiger partial charge in [-0.15, -0.1) is 0 Å². The van der Waals surface area contributed by atoms with E-state index in [1.54, 1.807) is 24.7 Å². The van der Waals surface area contributed by atoms with Crippen LogP contribution in [0.25, 0.3) is 22.2 Å². The molecule has 20 heavy (non-hydrogen) atoms. The van der Waals surface area contributed by atoms with Crippen molar-refractivity contribution in [3.8, 4) is 17.0 Å². The van der Waals surface area contributed by atoms with Gasteiger partial charge >= 0.3 is 0 Å². The molecular weight excluding hydrogens is 250 g/mol. The first-order valence-corrected chi connectivity index (χ1v) is 6.56. The summed E-state index contributed by atoms with van der Waals surface area (Å²) in [6.45, 7) is 4.00. The van der Waals surface area contributed by atoms with E-state index in [-0.39, 0.29) is 11.7 Å². The van der Waals surface area contributed by atoms with Crippen LogP contribution in [-0.4, -0.2) is 20.1 Å². The van der Waals surface area contributed by atoms with Gasteiger partial charge in [-0.25, -0.2) is 0 Å². The average molecular weight is 265 g/mol. The summed E-state index contributed by atoms with van der Waals surface area (Å²) in [5, 5.41) is 11.1. The van der Waals surface area contributed by atoms with Gasteiger partial charge < -0.3 is 5.11 Å². The van der Waals surface area contributed by atoms with Crippen molar-refractivity contribution >= 4 is 10.9 Å². The van der Waals surface area contributed by atoms with Crippen LogP contribution < -0.4 is 0 Å². The molecule has 0 aliphatic carbocycles. The molecule has 0 saturated heterocycles. The molecule has 3 heterocycles. The second kappa shape index (κ2) is 4.89. The van der Waals surface area contributed by atoms with E-state index in [0.717, 1.165) is 22.2 Å². The zero-order chi connectivity index (χ0) is 14.1. The molecule has 0 aromatic carbocycles. The molecule has 3 aromatic heterocycles. The Morgan fingerprint density at radius 1 is 1.05 bits per heavy atom. The van der Waals surface area contributed by atoms with Crippen LogP contribution in [0.2, 0.25) is 0 Å². The Morgan fingerprint density at radius 2 is 1.90 bits per heavy atom. The fourth-order valence-electron chi connectivity index (χ4n) is 2.25. The average Bonchev–Trinajstić information content (AvgIpc) is 2.46. The molecule has 1 N–H and O–H groups in total. The first kappa shape index (κ1) is 12.5. The summed E-state index contributed by atoms with van der Waals surface area (Å²) >= 11 is 0. The minimum absolute atomic E-state index is 0.183. The van der Waals surface area contributed by atoms with Gasteiger partial charge in [0.05, 0.1) is 16.9 Å². The summed E-state index contributed by atoms with van der Waals surface area (Å²) in [6.07, 6.45) is 5.22. The molecule has 0 aliphatic heterocycles. The smallest absolute Gasteiger partial charge is 0.138 e. The molecule has 100 valence electrons. The van der Waals surface area contributed by atoms with Crippen LogP contribution in [0.15, 0.2) is 42.9 Å². The van der Waals surface area contributed by atoms with Crippen molar-refractivity contribution < 1.29 is 5.11 Å². The minimum atomic E-state index is 0.183. The van der Waals surface area contributed by atoms with Gasteiger partial charge in [0.25, 0.3) is 0 Å². The van der Waals surface area contributed by atoms with Crippen LogP contribution >= 0.6 is 0 Å². The molecule has 0 atom stereocenters. The Labute approximate surface area is 117 Å². The highest BCUT2D eigenvalue weighted by Gasteiger charge is 2.12. The SMILES string of the molecule is CC(C)c1ncc(-c2nccc3cccnc23)cc1O. The second-order valence-electron chi connectivity index (χ2n) is 5.02. The Kier molecular flexibility index (Phi) is 3.06. The van der Waals surface area contributed by atoms with E-state index in [2.05, 4.69) is 15.0 Å². The fraction of sp³-hybridized carbons (Fsp3) is 0.188. The molecule has 0 amide bonds. The lowest BCUT2D eigenvalue weighted by Gasteiger charge is -2.09. The van der Waals surface area contributed by atoms with Gasteiger partial charge in [0.15, 0.2) is 0 Å². The van der Waals surface area contributed by atoms with Gasteiger partial charge in [-0.3, -0.25) is 15.0 Å². The Morgan fingerprint density at radius 3 is 2.65 bits per heavy atom. The molecule has 0 unspecified atom stereocenters. The normalized spacial score (nSPS) is 11.2. The molecule has 4 nitrogen and oxygen atoms in total. The van der Waals surface area contributed by atoms with E-state index in [0.29, 0.717) is 5.69 Å². The standard InChI is InChI=1S/C16H15N3O/c1-10(2)14-13(20)8-12(9-19-14)16-15-11(5-7-18-16)4-3-6-17-15/h3-10,20H,1-2H3. The number of hydrogen-bond acceptors (Lipinski definition) is 4. The van der Waals surface area contributed by atoms with Gasteiger partial charge in [-0.1, -0.05) is 19.9 Å². The first-order chi connectivity index (χ1) is 9.66. The third-order valence-corrected chi connectivity index (χ3v) is 3.24. The summed E-state index contributed by atoms with van der Waals surface area (Å²) in [6, 6.07) is 7.51. The number of nitrogens with zero attached hydrogens (tertiary/aromatic N) is 3. The highest BCUT2D eigenvalue weighted by Crippen LogP contribution is 2.30. The van der Waals surface area contributed by atoms with Crippen molar-refractivity contribution in [2.75, 3.05) is 0 Å². The quantitative estimate of drug-likeness (QED) is 0.770. The molecule has 0 aliphatic rings. The van der Waals surface area contributed by atoms with Gasteiger partial charge in [0.1, 0.15) is 5.75 Å². The van der Waals surface area contributed by atoms with Crippen LogP contribution in [-0.2, 0) is 0 Å². The van der Waals surface area contributed by atoms with Gasteiger partial charge in [0, 0.05) is 29.5 Å². The molecule has 0 fully saturated rings. The lowest BCUT2D eigenvalue weighted by atomic mass is 10.1. The molecule has 0 bridgehead atoms. The Balaban J connectivity index is 2.19. The van der Waals surface area contributed by atoms with E-state index in [1.165, 1.54) is 0 Å². The maximum atomic E-state index is 10.1. The predicted molar refractivity (Wildman–Crippen MR) is 78.5 cm³/mol. The summed E-state index contributed by atoms with van der Waals surface area (Å²) in [5.74, 6) is 0.384. The highest BCUT2D eigenvalue weighted by molar-refractivity contribution is 5.91. The summed E-state index contributed by atoms with van der Waals surface area (Å²) in [5.41, 5.74) is 3.02. The largest absolute Gasteiger partial charge is 0.506 e. The minimum Gasteiger partial charge on any atom is -0.506 e. The van der Waals surface area contributed by atoms with Crippen molar-refractivity contribution in [2.24, 2.45) is 0 Å². The summed E-state index contributed by atoms with van der Waals surface area (Å²) in [4.78, 5) is 13.1. The zero-order valence-corrected chi connectivity index (χ0v) is 11.4. The molecule has 0 radical (unpaired) electrons. The third-order valence-electron chi connectivity index (χ3n) is 3.24. The van der Waals surface area contributed by atoms with E-state index in [4.69, 9.17) is 0 Å². The topological polar surface area (TPSA) is 58.9 Å². The number of rotatable bonds is 2. The van der Waals surface area contributed by atoms with Crippen LogP contribution in [0, 0.1) is 0 Å². The zero-order valence-electron chi connectivity index (χ0n) is 11.4. The molecule has 3 rings (SSSR count). The molecule has 4 heteroatoms. The number of pyridine rings is 3. The van der Waals surface area contributed by atoms with Gasteiger partial charge in [0.2, 0.25) is 0 Å².